The third-order valence-electron chi connectivity index (χ3n) is 3.98. The van der Waals surface area contributed by atoms with Crippen molar-refractivity contribution in [1.82, 2.24) is 0 Å². The molecule has 0 fully saturated rings. The lowest BCUT2D eigenvalue weighted by Crippen LogP contribution is -2.15. The van der Waals surface area contributed by atoms with E-state index in [0.29, 0.717) is 6.42 Å². The number of benzene rings is 2. The van der Waals surface area contributed by atoms with Crippen molar-refractivity contribution in [3.63, 3.8) is 0 Å². The number of carboxylic acid groups (broad SMARTS) is 1. The maximum Gasteiger partial charge on any atom is 0.311 e. The predicted molar refractivity (Wildman–Crippen MR) is 95.6 cm³/mol. The lowest BCUT2D eigenvalue weighted by molar-refractivity contribution is -0.138. The van der Waals surface area contributed by atoms with E-state index in [-0.39, 0.29) is 0 Å². The molecule has 122 valence electrons. The molecule has 0 aliphatic rings. The Balaban J connectivity index is 2.25. The van der Waals surface area contributed by atoms with E-state index in [1.165, 1.54) is 0 Å². The van der Waals surface area contributed by atoms with E-state index in [1.807, 2.05) is 86.5 Å². The highest BCUT2D eigenvalue weighted by Gasteiger charge is 2.20. The van der Waals surface area contributed by atoms with Gasteiger partial charge in [0.2, 0.25) is 0 Å². The standard InChI is InChI=1S/C19H24N2O2/c1-20(2)16-10-8-15(9-11-16)18(19(22)23)13-14-6-5-7-17(12-14)21(3)4/h5-12,18H,13H2,1-4H3,(H,22,23). The molecular formula is C19H24N2O2. The van der Waals surface area contributed by atoms with Gasteiger partial charge in [0.1, 0.15) is 0 Å². The lowest BCUT2D eigenvalue weighted by atomic mass is 9.91. The molecule has 4 heteroatoms. The van der Waals surface area contributed by atoms with Crippen LogP contribution in [0.3, 0.4) is 0 Å². The molecule has 1 unspecified atom stereocenters. The lowest BCUT2D eigenvalue weighted by Gasteiger charge is -2.18. The van der Waals surface area contributed by atoms with E-state index in [9.17, 15) is 9.90 Å². The van der Waals surface area contributed by atoms with E-state index in [2.05, 4.69) is 0 Å². The summed E-state index contributed by atoms with van der Waals surface area (Å²) < 4.78 is 0. The number of anilines is 2. The summed E-state index contributed by atoms with van der Waals surface area (Å²) in [5, 5.41) is 9.62. The van der Waals surface area contributed by atoms with Crippen LogP contribution in [0.4, 0.5) is 11.4 Å². The predicted octanol–water partition coefficient (Wildman–Crippen LogP) is 3.23. The molecule has 0 saturated heterocycles. The largest absolute Gasteiger partial charge is 0.481 e. The van der Waals surface area contributed by atoms with E-state index >= 15 is 0 Å². The Morgan fingerprint density at radius 2 is 1.57 bits per heavy atom. The van der Waals surface area contributed by atoms with Crippen LogP contribution in [0.25, 0.3) is 0 Å². The Morgan fingerprint density at radius 3 is 2.09 bits per heavy atom. The van der Waals surface area contributed by atoms with Crippen LogP contribution in [-0.4, -0.2) is 39.3 Å². The summed E-state index contributed by atoms with van der Waals surface area (Å²) in [6, 6.07) is 15.8. The van der Waals surface area contributed by atoms with Crippen LogP contribution in [0.15, 0.2) is 48.5 Å². The molecule has 2 aromatic rings. The SMILES string of the molecule is CN(C)c1ccc(C(Cc2cccc(N(C)C)c2)C(=O)O)cc1. The number of carboxylic acids is 1. The highest BCUT2D eigenvalue weighted by molar-refractivity contribution is 5.77. The summed E-state index contributed by atoms with van der Waals surface area (Å²) in [5.41, 5.74) is 4.00. The van der Waals surface area contributed by atoms with Crippen LogP contribution < -0.4 is 9.80 Å². The van der Waals surface area contributed by atoms with Crippen molar-refractivity contribution in [2.45, 2.75) is 12.3 Å². The number of nitrogens with zero attached hydrogens (tertiary/aromatic N) is 2. The van der Waals surface area contributed by atoms with Gasteiger partial charge in [-0.1, -0.05) is 24.3 Å². The van der Waals surface area contributed by atoms with Crippen molar-refractivity contribution in [2.75, 3.05) is 38.0 Å². The van der Waals surface area contributed by atoms with E-state index in [1.54, 1.807) is 0 Å². The maximum atomic E-state index is 11.7. The summed E-state index contributed by atoms with van der Waals surface area (Å²) in [5.74, 6) is -1.33. The number of hydrogen-bond donors (Lipinski definition) is 1. The molecule has 0 bridgehead atoms. The van der Waals surface area contributed by atoms with Gasteiger partial charge in [-0.25, -0.2) is 0 Å². The van der Waals surface area contributed by atoms with Crippen LogP contribution in [0, 0.1) is 0 Å². The molecule has 23 heavy (non-hydrogen) atoms. The summed E-state index contributed by atoms with van der Waals surface area (Å²) in [4.78, 5) is 15.7. The first-order valence-electron chi connectivity index (χ1n) is 7.65. The van der Waals surface area contributed by atoms with Gasteiger partial charge in [0.05, 0.1) is 5.92 Å². The molecule has 1 N–H and O–H groups in total. The molecule has 0 amide bonds. The second-order valence-corrected chi connectivity index (χ2v) is 6.15. The Labute approximate surface area is 138 Å². The van der Waals surface area contributed by atoms with E-state index < -0.39 is 11.9 Å². The summed E-state index contributed by atoms with van der Waals surface area (Å²) in [7, 11) is 7.90. The number of carbonyl (C=O) groups is 1. The third kappa shape index (κ3) is 4.25. The van der Waals surface area contributed by atoms with Gasteiger partial charge in [0.25, 0.3) is 0 Å². The fraction of sp³-hybridized carbons (Fsp3) is 0.316. The van der Waals surface area contributed by atoms with Gasteiger partial charge in [0, 0.05) is 39.6 Å². The van der Waals surface area contributed by atoms with Crippen LogP contribution in [0.2, 0.25) is 0 Å². The van der Waals surface area contributed by atoms with E-state index in [0.717, 1.165) is 22.5 Å². The van der Waals surface area contributed by atoms with Crippen molar-refractivity contribution in [3.05, 3.63) is 59.7 Å². The first-order valence-corrected chi connectivity index (χ1v) is 7.65. The zero-order valence-electron chi connectivity index (χ0n) is 14.2. The van der Waals surface area contributed by atoms with Crippen LogP contribution in [-0.2, 0) is 11.2 Å². The zero-order valence-corrected chi connectivity index (χ0v) is 14.2. The first kappa shape index (κ1) is 16.9. The van der Waals surface area contributed by atoms with Crippen molar-refractivity contribution in [2.24, 2.45) is 0 Å². The highest BCUT2D eigenvalue weighted by Crippen LogP contribution is 2.25. The van der Waals surface area contributed by atoms with Gasteiger partial charge in [0.15, 0.2) is 0 Å². The summed E-state index contributed by atoms with van der Waals surface area (Å²) >= 11 is 0. The first-order chi connectivity index (χ1) is 10.9. The average Bonchev–Trinajstić information content (AvgIpc) is 2.52. The monoisotopic (exact) mass is 312 g/mol. The van der Waals surface area contributed by atoms with E-state index in [4.69, 9.17) is 0 Å². The van der Waals surface area contributed by atoms with Crippen molar-refractivity contribution < 1.29 is 9.90 Å². The number of hydrogen-bond acceptors (Lipinski definition) is 3. The van der Waals surface area contributed by atoms with Crippen molar-refractivity contribution in [1.29, 1.82) is 0 Å². The van der Waals surface area contributed by atoms with Gasteiger partial charge in [-0.3, -0.25) is 4.79 Å². The van der Waals surface area contributed by atoms with Gasteiger partial charge >= 0.3 is 5.97 Å². The highest BCUT2D eigenvalue weighted by atomic mass is 16.4. The smallest absolute Gasteiger partial charge is 0.311 e. The van der Waals surface area contributed by atoms with Gasteiger partial charge < -0.3 is 14.9 Å². The molecule has 0 aliphatic heterocycles. The normalized spacial score (nSPS) is 11.8. The van der Waals surface area contributed by atoms with Gasteiger partial charge in [-0.15, -0.1) is 0 Å². The number of aliphatic carboxylic acids is 1. The van der Waals surface area contributed by atoms with Gasteiger partial charge in [-0.2, -0.15) is 0 Å². The summed E-state index contributed by atoms with van der Waals surface area (Å²) in [6.07, 6.45) is 0.484. The Hall–Kier alpha value is -2.49. The fourth-order valence-corrected chi connectivity index (χ4v) is 2.55. The number of rotatable bonds is 6. The Bertz CT molecular complexity index is 663. The molecule has 0 aliphatic carbocycles. The minimum atomic E-state index is -0.794. The zero-order chi connectivity index (χ0) is 17.0. The molecule has 2 rings (SSSR count). The summed E-state index contributed by atoms with van der Waals surface area (Å²) in [6.45, 7) is 0. The quantitative estimate of drug-likeness (QED) is 0.889. The molecule has 0 saturated carbocycles. The van der Waals surface area contributed by atoms with Crippen LogP contribution in [0.5, 0.6) is 0 Å². The average molecular weight is 312 g/mol. The second-order valence-electron chi connectivity index (χ2n) is 6.15. The third-order valence-corrected chi connectivity index (χ3v) is 3.98. The van der Waals surface area contributed by atoms with Crippen molar-refractivity contribution >= 4 is 17.3 Å². The molecule has 4 nitrogen and oxygen atoms in total. The van der Waals surface area contributed by atoms with Crippen LogP contribution >= 0.6 is 0 Å². The Morgan fingerprint density at radius 1 is 0.957 bits per heavy atom. The topological polar surface area (TPSA) is 43.8 Å². The fourth-order valence-electron chi connectivity index (χ4n) is 2.55. The Kier molecular flexibility index (Phi) is 5.27. The van der Waals surface area contributed by atoms with Gasteiger partial charge in [-0.05, 0) is 41.8 Å². The van der Waals surface area contributed by atoms with Crippen LogP contribution in [0.1, 0.15) is 17.0 Å². The maximum absolute atomic E-state index is 11.7. The molecule has 2 aromatic carbocycles. The minimum Gasteiger partial charge on any atom is -0.481 e. The molecule has 0 spiro atoms. The minimum absolute atomic E-state index is 0.484. The molecule has 0 heterocycles. The molecular weight excluding hydrogens is 288 g/mol. The molecule has 0 aromatic heterocycles. The molecule has 0 radical (unpaired) electrons. The second kappa shape index (κ2) is 7.18. The molecule has 1 atom stereocenters. The van der Waals surface area contributed by atoms with Crippen molar-refractivity contribution in [3.8, 4) is 0 Å².